The zero-order chi connectivity index (χ0) is 13.7. The van der Waals surface area contributed by atoms with Crippen LogP contribution in [0.3, 0.4) is 0 Å². The first kappa shape index (κ1) is 13.6. The van der Waals surface area contributed by atoms with Gasteiger partial charge < -0.3 is 10.5 Å². The molecule has 4 nitrogen and oxygen atoms in total. The molecule has 102 valence electrons. The Morgan fingerprint density at radius 3 is 2.58 bits per heavy atom. The number of rotatable bonds is 6. The first-order valence-electron chi connectivity index (χ1n) is 6.68. The van der Waals surface area contributed by atoms with E-state index in [1.165, 1.54) is 0 Å². The van der Waals surface area contributed by atoms with Gasteiger partial charge in [-0.15, -0.1) is 0 Å². The third-order valence-electron chi connectivity index (χ3n) is 3.06. The van der Waals surface area contributed by atoms with Crippen molar-refractivity contribution in [1.82, 2.24) is 9.78 Å². The Hall–Kier alpha value is -1.81. The van der Waals surface area contributed by atoms with Gasteiger partial charge in [0.15, 0.2) is 0 Å². The fraction of sp³-hybridized carbons (Fsp3) is 0.400. The molecule has 0 radical (unpaired) electrons. The maximum absolute atomic E-state index is 6.18. The Labute approximate surface area is 114 Å². The molecule has 4 heteroatoms. The molecule has 0 saturated heterocycles. The van der Waals surface area contributed by atoms with Crippen LogP contribution in [0, 0.1) is 0 Å². The average molecular weight is 259 g/mol. The number of aryl methyl sites for hydroxylation is 1. The van der Waals surface area contributed by atoms with Gasteiger partial charge in [-0.3, -0.25) is 4.68 Å². The smallest absolute Gasteiger partial charge is 0.119 e. The van der Waals surface area contributed by atoms with Gasteiger partial charge in [0.2, 0.25) is 0 Å². The van der Waals surface area contributed by atoms with Crippen LogP contribution < -0.4 is 10.5 Å². The molecule has 1 heterocycles. The van der Waals surface area contributed by atoms with Crippen LogP contribution in [0.1, 0.15) is 37.1 Å². The lowest BCUT2D eigenvalue weighted by Gasteiger charge is -2.11. The zero-order valence-corrected chi connectivity index (χ0v) is 11.5. The van der Waals surface area contributed by atoms with Gasteiger partial charge in [0.1, 0.15) is 5.75 Å². The van der Waals surface area contributed by atoms with E-state index in [9.17, 15) is 0 Å². The third kappa shape index (κ3) is 3.58. The van der Waals surface area contributed by atoms with Crippen molar-refractivity contribution >= 4 is 0 Å². The van der Waals surface area contributed by atoms with E-state index in [1.54, 1.807) is 4.68 Å². The summed E-state index contributed by atoms with van der Waals surface area (Å²) in [7, 11) is 1.89. The molecule has 1 aromatic heterocycles. The van der Waals surface area contributed by atoms with Crippen molar-refractivity contribution in [3.05, 3.63) is 47.8 Å². The second-order valence-corrected chi connectivity index (χ2v) is 4.66. The SMILES string of the molecule is CCCCOc1ccc(C(N)c2ccn(C)n2)cc1. The minimum Gasteiger partial charge on any atom is -0.494 e. The van der Waals surface area contributed by atoms with E-state index in [1.807, 2.05) is 43.6 Å². The lowest BCUT2D eigenvalue weighted by atomic mass is 10.1. The standard InChI is InChI=1S/C15H21N3O/c1-3-4-11-19-13-7-5-12(6-8-13)15(16)14-9-10-18(2)17-14/h5-10,15H,3-4,11,16H2,1-2H3. The van der Waals surface area contributed by atoms with Crippen LogP contribution in [0.2, 0.25) is 0 Å². The summed E-state index contributed by atoms with van der Waals surface area (Å²) in [5.41, 5.74) is 8.10. The summed E-state index contributed by atoms with van der Waals surface area (Å²) in [6.07, 6.45) is 4.12. The van der Waals surface area contributed by atoms with Crippen LogP contribution in [0.15, 0.2) is 36.5 Å². The molecule has 1 aromatic carbocycles. The van der Waals surface area contributed by atoms with E-state index in [0.717, 1.165) is 36.5 Å². The van der Waals surface area contributed by atoms with Gasteiger partial charge in [0, 0.05) is 13.2 Å². The summed E-state index contributed by atoms with van der Waals surface area (Å²) >= 11 is 0. The fourth-order valence-electron chi connectivity index (χ4n) is 1.88. The van der Waals surface area contributed by atoms with Gasteiger partial charge in [0.25, 0.3) is 0 Å². The number of hydrogen-bond donors (Lipinski definition) is 1. The van der Waals surface area contributed by atoms with E-state index in [-0.39, 0.29) is 6.04 Å². The summed E-state index contributed by atoms with van der Waals surface area (Å²) in [5, 5.41) is 4.33. The first-order chi connectivity index (χ1) is 9.20. The summed E-state index contributed by atoms with van der Waals surface area (Å²) in [6.45, 7) is 2.92. The number of ether oxygens (including phenoxy) is 1. The van der Waals surface area contributed by atoms with Crippen LogP contribution in [0.4, 0.5) is 0 Å². The van der Waals surface area contributed by atoms with Crippen LogP contribution in [0.25, 0.3) is 0 Å². The van der Waals surface area contributed by atoms with Crippen LogP contribution in [-0.4, -0.2) is 16.4 Å². The van der Waals surface area contributed by atoms with Crippen LogP contribution in [-0.2, 0) is 7.05 Å². The fourth-order valence-corrected chi connectivity index (χ4v) is 1.88. The third-order valence-corrected chi connectivity index (χ3v) is 3.06. The molecule has 0 amide bonds. The molecule has 0 fully saturated rings. The Balaban J connectivity index is 2.01. The molecule has 0 aliphatic rings. The number of benzene rings is 1. The van der Waals surface area contributed by atoms with Gasteiger partial charge in [-0.2, -0.15) is 5.10 Å². The minimum atomic E-state index is -0.189. The van der Waals surface area contributed by atoms with Crippen LogP contribution in [0.5, 0.6) is 5.75 Å². The maximum Gasteiger partial charge on any atom is 0.119 e. The van der Waals surface area contributed by atoms with Crippen molar-refractivity contribution < 1.29 is 4.74 Å². The molecule has 2 rings (SSSR count). The molecule has 2 aromatic rings. The molecule has 2 N–H and O–H groups in total. The number of nitrogens with zero attached hydrogens (tertiary/aromatic N) is 2. The number of nitrogens with two attached hydrogens (primary N) is 1. The zero-order valence-electron chi connectivity index (χ0n) is 11.5. The minimum absolute atomic E-state index is 0.189. The lowest BCUT2D eigenvalue weighted by Crippen LogP contribution is -2.12. The van der Waals surface area contributed by atoms with Gasteiger partial charge >= 0.3 is 0 Å². The number of hydrogen-bond acceptors (Lipinski definition) is 3. The first-order valence-corrected chi connectivity index (χ1v) is 6.68. The van der Waals surface area contributed by atoms with Crippen molar-refractivity contribution in [2.24, 2.45) is 12.8 Å². The van der Waals surface area contributed by atoms with Gasteiger partial charge in [-0.25, -0.2) is 0 Å². The van der Waals surface area contributed by atoms with Crippen molar-refractivity contribution in [1.29, 1.82) is 0 Å². The van der Waals surface area contributed by atoms with Crippen molar-refractivity contribution in [2.75, 3.05) is 6.61 Å². The highest BCUT2D eigenvalue weighted by molar-refractivity contribution is 5.32. The van der Waals surface area contributed by atoms with Crippen molar-refractivity contribution in [2.45, 2.75) is 25.8 Å². The predicted molar refractivity (Wildman–Crippen MR) is 76.1 cm³/mol. The second kappa shape index (κ2) is 6.38. The van der Waals surface area contributed by atoms with E-state index in [4.69, 9.17) is 10.5 Å². The Morgan fingerprint density at radius 1 is 1.26 bits per heavy atom. The molecule has 19 heavy (non-hydrogen) atoms. The summed E-state index contributed by atoms with van der Waals surface area (Å²) in [6, 6.07) is 9.69. The maximum atomic E-state index is 6.18. The second-order valence-electron chi connectivity index (χ2n) is 4.66. The molecule has 0 aliphatic carbocycles. The Morgan fingerprint density at radius 2 is 2.00 bits per heavy atom. The summed E-state index contributed by atoms with van der Waals surface area (Å²) in [4.78, 5) is 0. The molecular formula is C15H21N3O. The molecular weight excluding hydrogens is 238 g/mol. The van der Waals surface area contributed by atoms with E-state index in [2.05, 4.69) is 12.0 Å². The molecule has 0 spiro atoms. The van der Waals surface area contributed by atoms with Gasteiger partial charge in [0.05, 0.1) is 18.3 Å². The largest absolute Gasteiger partial charge is 0.494 e. The lowest BCUT2D eigenvalue weighted by molar-refractivity contribution is 0.309. The van der Waals surface area contributed by atoms with Gasteiger partial charge in [-0.05, 0) is 30.2 Å². The molecule has 1 unspecified atom stereocenters. The van der Waals surface area contributed by atoms with Crippen molar-refractivity contribution in [3.63, 3.8) is 0 Å². The Bertz CT molecular complexity index is 504. The van der Waals surface area contributed by atoms with Gasteiger partial charge in [-0.1, -0.05) is 25.5 Å². The summed E-state index contributed by atoms with van der Waals surface area (Å²) in [5.74, 6) is 0.894. The van der Waals surface area contributed by atoms with Crippen LogP contribution >= 0.6 is 0 Å². The molecule has 0 bridgehead atoms. The topological polar surface area (TPSA) is 53.1 Å². The number of aromatic nitrogens is 2. The monoisotopic (exact) mass is 259 g/mol. The van der Waals surface area contributed by atoms with E-state index >= 15 is 0 Å². The quantitative estimate of drug-likeness (QED) is 0.811. The van der Waals surface area contributed by atoms with E-state index in [0.29, 0.717) is 0 Å². The van der Waals surface area contributed by atoms with E-state index < -0.39 is 0 Å². The normalized spacial score (nSPS) is 12.4. The Kier molecular flexibility index (Phi) is 4.58. The van der Waals surface area contributed by atoms with Crippen molar-refractivity contribution in [3.8, 4) is 5.75 Å². The highest BCUT2D eigenvalue weighted by atomic mass is 16.5. The number of unbranched alkanes of at least 4 members (excludes halogenated alkanes) is 1. The average Bonchev–Trinajstić information content (AvgIpc) is 2.86. The predicted octanol–water partition coefficient (Wildman–Crippen LogP) is 2.65. The molecule has 1 atom stereocenters. The molecule has 0 saturated carbocycles. The molecule has 0 aliphatic heterocycles. The highest BCUT2D eigenvalue weighted by Crippen LogP contribution is 2.20. The summed E-state index contributed by atoms with van der Waals surface area (Å²) < 4.78 is 7.39. The highest BCUT2D eigenvalue weighted by Gasteiger charge is 2.11.